The first-order valence-electron chi connectivity index (χ1n) is 11.7. The molecule has 1 amide bonds. The maximum atomic E-state index is 13.8. The lowest BCUT2D eigenvalue weighted by Crippen LogP contribution is -2.37. The summed E-state index contributed by atoms with van der Waals surface area (Å²) >= 11 is 0. The molecule has 1 aliphatic carbocycles. The predicted molar refractivity (Wildman–Crippen MR) is 134 cm³/mol. The summed E-state index contributed by atoms with van der Waals surface area (Å²) in [6.07, 6.45) is 0.998. The van der Waals surface area contributed by atoms with Crippen molar-refractivity contribution in [3.05, 3.63) is 101 Å². The van der Waals surface area contributed by atoms with E-state index in [2.05, 4.69) is 17.4 Å². The number of carbonyl (C=O) groups excluding carboxylic acids is 3. The zero-order valence-electron chi connectivity index (χ0n) is 19.7. The van der Waals surface area contributed by atoms with E-state index in [0.717, 1.165) is 16.9 Å². The van der Waals surface area contributed by atoms with E-state index in [0.29, 0.717) is 35.4 Å². The molecule has 6 nitrogen and oxygen atoms in total. The van der Waals surface area contributed by atoms with Crippen LogP contribution in [0.4, 0.5) is 11.4 Å². The van der Waals surface area contributed by atoms with Crippen LogP contribution in [0.3, 0.4) is 0 Å². The quantitative estimate of drug-likeness (QED) is 0.406. The molecule has 2 atom stereocenters. The van der Waals surface area contributed by atoms with Crippen LogP contribution in [0.2, 0.25) is 0 Å². The number of hydrogen-bond donors (Lipinski definition) is 1. The van der Waals surface area contributed by atoms with Gasteiger partial charge in [0.2, 0.25) is 5.91 Å². The van der Waals surface area contributed by atoms with Gasteiger partial charge in [0.15, 0.2) is 5.78 Å². The molecule has 1 N–H and O–H groups in total. The molecule has 0 bridgehead atoms. The molecule has 0 spiro atoms. The van der Waals surface area contributed by atoms with Crippen LogP contribution >= 0.6 is 0 Å². The molecule has 1 heterocycles. The Morgan fingerprint density at radius 2 is 1.60 bits per heavy atom. The number of ether oxygens (including phenoxy) is 1. The molecular weight excluding hydrogens is 440 g/mol. The highest BCUT2D eigenvalue weighted by Crippen LogP contribution is 2.47. The highest BCUT2D eigenvalue weighted by molar-refractivity contribution is 6.06. The standard InChI is InChI=1S/C29H26N2O4/c1-18(32)31-26-14-7-6-13-24(26)30-25-16-22(20-9-4-3-5-10-20)17-27(34)28(25)29(31)21-11-8-12-23(15-21)35-19(2)33/h3-15,22,29-30H,16-17H2,1-2H3/t22-,29-/m0/s1. The van der Waals surface area contributed by atoms with Gasteiger partial charge in [-0.25, -0.2) is 0 Å². The number of benzene rings is 3. The molecule has 2 aliphatic rings. The van der Waals surface area contributed by atoms with E-state index >= 15 is 0 Å². The highest BCUT2D eigenvalue weighted by atomic mass is 16.5. The van der Waals surface area contributed by atoms with Crippen LogP contribution in [0.15, 0.2) is 90.1 Å². The van der Waals surface area contributed by atoms with Crippen molar-refractivity contribution in [2.75, 3.05) is 10.2 Å². The largest absolute Gasteiger partial charge is 0.427 e. The molecule has 0 fully saturated rings. The van der Waals surface area contributed by atoms with Crippen molar-refractivity contribution in [3.8, 4) is 5.75 Å². The van der Waals surface area contributed by atoms with Crippen LogP contribution in [-0.4, -0.2) is 17.7 Å². The Hall–Kier alpha value is -4.19. The number of nitrogens with zero attached hydrogens (tertiary/aromatic N) is 1. The van der Waals surface area contributed by atoms with Gasteiger partial charge in [-0.15, -0.1) is 0 Å². The normalized spacial score (nSPS) is 19.3. The molecule has 0 saturated carbocycles. The second kappa shape index (κ2) is 9.22. The Kier molecular flexibility index (Phi) is 5.95. The van der Waals surface area contributed by atoms with Crippen molar-refractivity contribution in [3.63, 3.8) is 0 Å². The second-order valence-corrected chi connectivity index (χ2v) is 8.93. The van der Waals surface area contributed by atoms with E-state index in [1.807, 2.05) is 48.5 Å². The van der Waals surface area contributed by atoms with E-state index < -0.39 is 12.0 Å². The van der Waals surface area contributed by atoms with E-state index in [4.69, 9.17) is 4.74 Å². The van der Waals surface area contributed by atoms with Crippen molar-refractivity contribution < 1.29 is 19.1 Å². The fourth-order valence-corrected chi connectivity index (χ4v) is 5.13. The fourth-order valence-electron chi connectivity index (χ4n) is 5.13. The number of allylic oxidation sites excluding steroid dienone is 1. The van der Waals surface area contributed by atoms with Crippen LogP contribution < -0.4 is 15.0 Å². The third-order valence-electron chi connectivity index (χ3n) is 6.53. The topological polar surface area (TPSA) is 75.7 Å². The number of hydrogen-bond acceptors (Lipinski definition) is 5. The van der Waals surface area contributed by atoms with Crippen molar-refractivity contribution in [1.82, 2.24) is 0 Å². The minimum atomic E-state index is -0.654. The first-order chi connectivity index (χ1) is 16.9. The SMILES string of the molecule is CC(=O)Oc1cccc([C@H]2C3=C(C[C@H](c4ccccc4)CC3=O)Nc3ccccc3N2C(C)=O)c1. The minimum absolute atomic E-state index is 0.00505. The molecule has 0 radical (unpaired) electrons. The summed E-state index contributed by atoms with van der Waals surface area (Å²) in [5.74, 6) is -0.211. The summed E-state index contributed by atoms with van der Waals surface area (Å²) in [6, 6.07) is 24.0. The Balaban J connectivity index is 1.70. The van der Waals surface area contributed by atoms with Crippen molar-refractivity contribution in [1.29, 1.82) is 0 Å². The number of anilines is 2. The lowest BCUT2D eigenvalue weighted by Gasteiger charge is -2.34. The monoisotopic (exact) mass is 466 g/mol. The van der Waals surface area contributed by atoms with E-state index in [9.17, 15) is 14.4 Å². The number of rotatable bonds is 3. The number of Topliss-reactive ketones (excluding diaryl/α,β-unsaturated/α-hetero) is 1. The summed E-state index contributed by atoms with van der Waals surface area (Å²) in [5, 5.41) is 3.50. The summed E-state index contributed by atoms with van der Waals surface area (Å²) in [6.45, 7) is 2.85. The van der Waals surface area contributed by atoms with E-state index in [1.54, 1.807) is 23.1 Å². The Morgan fingerprint density at radius 1 is 0.886 bits per heavy atom. The van der Waals surface area contributed by atoms with Crippen molar-refractivity contribution in [2.45, 2.75) is 38.6 Å². The number of ketones is 1. The maximum absolute atomic E-state index is 13.8. The Bertz CT molecular complexity index is 1350. The van der Waals surface area contributed by atoms with Crippen LogP contribution in [0, 0.1) is 0 Å². The summed E-state index contributed by atoms with van der Waals surface area (Å²) in [5.41, 5.74) is 4.68. The molecule has 1 aliphatic heterocycles. The summed E-state index contributed by atoms with van der Waals surface area (Å²) in [4.78, 5) is 40.2. The zero-order valence-corrected chi connectivity index (χ0v) is 19.7. The van der Waals surface area contributed by atoms with Gasteiger partial charge in [0.1, 0.15) is 5.75 Å². The zero-order chi connectivity index (χ0) is 24.5. The summed E-state index contributed by atoms with van der Waals surface area (Å²) in [7, 11) is 0. The fraction of sp³-hybridized carbons (Fsp3) is 0.207. The Morgan fingerprint density at radius 3 is 2.34 bits per heavy atom. The number of amides is 1. The van der Waals surface area contributed by atoms with Crippen LogP contribution in [0.1, 0.15) is 49.8 Å². The summed E-state index contributed by atoms with van der Waals surface area (Å²) < 4.78 is 5.32. The van der Waals surface area contributed by atoms with Crippen molar-refractivity contribution >= 4 is 29.0 Å². The predicted octanol–water partition coefficient (Wildman–Crippen LogP) is 5.53. The van der Waals surface area contributed by atoms with Crippen molar-refractivity contribution in [2.24, 2.45) is 0 Å². The molecule has 0 aromatic heterocycles. The number of para-hydroxylation sites is 2. The van der Waals surface area contributed by atoms with Crippen LogP contribution in [-0.2, 0) is 14.4 Å². The Labute approximate surface area is 204 Å². The van der Waals surface area contributed by atoms with E-state index in [-0.39, 0.29) is 17.6 Å². The van der Waals surface area contributed by atoms with Gasteiger partial charge >= 0.3 is 5.97 Å². The second-order valence-electron chi connectivity index (χ2n) is 8.93. The van der Waals surface area contributed by atoms with Crippen LogP contribution in [0.5, 0.6) is 5.75 Å². The van der Waals surface area contributed by atoms with Gasteiger partial charge in [-0.1, -0.05) is 54.6 Å². The molecule has 6 heteroatoms. The lowest BCUT2D eigenvalue weighted by molar-refractivity contribution is -0.132. The molecule has 3 aromatic carbocycles. The van der Waals surface area contributed by atoms with Gasteiger partial charge in [-0.3, -0.25) is 19.3 Å². The first-order valence-corrected chi connectivity index (χ1v) is 11.7. The van der Waals surface area contributed by atoms with Gasteiger partial charge in [0.05, 0.1) is 17.4 Å². The van der Waals surface area contributed by atoms with Gasteiger partial charge in [0.25, 0.3) is 0 Å². The average Bonchev–Trinajstić information content (AvgIpc) is 2.99. The minimum Gasteiger partial charge on any atom is -0.427 e. The van der Waals surface area contributed by atoms with Gasteiger partial charge < -0.3 is 10.1 Å². The number of nitrogens with one attached hydrogen (secondary N) is 1. The average molecular weight is 467 g/mol. The molecule has 0 unspecified atom stereocenters. The van der Waals surface area contributed by atoms with Crippen LogP contribution in [0.25, 0.3) is 0 Å². The van der Waals surface area contributed by atoms with Gasteiger partial charge in [0, 0.05) is 31.5 Å². The number of esters is 1. The first kappa shape index (κ1) is 22.6. The smallest absolute Gasteiger partial charge is 0.308 e. The number of carbonyl (C=O) groups is 3. The molecule has 5 rings (SSSR count). The molecule has 3 aromatic rings. The molecular formula is C29H26N2O4. The molecule has 176 valence electrons. The number of fused-ring (bicyclic) bond motifs is 1. The maximum Gasteiger partial charge on any atom is 0.308 e. The highest BCUT2D eigenvalue weighted by Gasteiger charge is 2.40. The van der Waals surface area contributed by atoms with Gasteiger partial charge in [-0.2, -0.15) is 0 Å². The van der Waals surface area contributed by atoms with E-state index in [1.165, 1.54) is 13.8 Å². The lowest BCUT2D eigenvalue weighted by atomic mass is 9.78. The molecule has 0 saturated heterocycles. The third-order valence-corrected chi connectivity index (χ3v) is 6.53. The van der Waals surface area contributed by atoms with Gasteiger partial charge in [-0.05, 0) is 47.7 Å². The third kappa shape index (κ3) is 4.35. The molecule has 35 heavy (non-hydrogen) atoms.